The van der Waals surface area contributed by atoms with Crippen LogP contribution in [0.3, 0.4) is 0 Å². The molecule has 3 aromatic rings. The van der Waals surface area contributed by atoms with Crippen molar-refractivity contribution in [2.45, 2.75) is 369 Å². The maximum Gasteiger partial charge on any atom is 0.409 e. The minimum atomic E-state index is -1.96. The number of hydrogen-bond donors (Lipinski definition) is 4. The summed E-state index contributed by atoms with van der Waals surface area (Å²) >= 11 is 3.24. The van der Waals surface area contributed by atoms with Gasteiger partial charge in [-0.2, -0.15) is 0 Å². The second kappa shape index (κ2) is 67.3. The van der Waals surface area contributed by atoms with Gasteiger partial charge in [-0.15, -0.1) is 38.7 Å². The number of rotatable bonds is 48. The molecule has 3 aromatic carbocycles. The van der Waals surface area contributed by atoms with Gasteiger partial charge in [-0.25, -0.2) is 33.6 Å². The zero-order chi connectivity index (χ0) is 104. The Balaban J connectivity index is -0.00000157. The predicted molar refractivity (Wildman–Crippen MR) is 567 cm³/mol. The molecule has 784 valence electrons. The van der Waals surface area contributed by atoms with Gasteiger partial charge in [-0.1, -0.05) is 214 Å². The lowest BCUT2D eigenvalue weighted by Gasteiger charge is -2.44. The highest BCUT2D eigenvalue weighted by molar-refractivity contribution is 9.09. The smallest absolute Gasteiger partial charge is 0.409 e. The summed E-state index contributed by atoms with van der Waals surface area (Å²) in [6, 6.07) is 29.7. The second-order valence-electron chi connectivity index (χ2n) is 40.0. The first kappa shape index (κ1) is 134. The first-order valence-electron chi connectivity index (χ1n) is 48.8. The molecule has 0 spiro atoms. The zero-order valence-corrected chi connectivity index (χ0v) is 95.0. The number of carbonyl (C=O) groups is 9. The van der Waals surface area contributed by atoms with E-state index in [1.54, 1.807) is 68.4 Å². The predicted octanol–water partition coefficient (Wildman–Crippen LogP) is 22.8. The lowest BCUT2D eigenvalue weighted by atomic mass is 9.83. The van der Waals surface area contributed by atoms with Gasteiger partial charge in [0.2, 0.25) is 17.1 Å². The number of nitrogens with zero attached hydrogens (tertiary/aromatic N) is 1. The highest BCUT2D eigenvalue weighted by atomic mass is 79.9. The maximum atomic E-state index is 12.5. The normalized spacial score (nSPS) is 16.5. The summed E-state index contributed by atoms with van der Waals surface area (Å²) in [6.07, 6.45) is 19.2. The molecule has 5 atom stereocenters. The van der Waals surface area contributed by atoms with Crippen molar-refractivity contribution in [2.24, 2.45) is 17.1 Å². The van der Waals surface area contributed by atoms with E-state index >= 15 is 0 Å². The first-order chi connectivity index (χ1) is 63.4. The molecule has 5 unspecified atom stereocenters. The Morgan fingerprint density at radius 2 is 0.861 bits per heavy atom. The zero-order valence-electron chi connectivity index (χ0n) is 89.6. The van der Waals surface area contributed by atoms with Gasteiger partial charge in [-0.3, -0.25) is 25.1 Å². The molecule has 1 aliphatic carbocycles. The Kier molecular flexibility index (Phi) is 65.8. The van der Waals surface area contributed by atoms with Gasteiger partial charge in [0.05, 0.1) is 59.5 Å². The number of alkyl carbamates (subject to hydrolysis) is 1. The molecule has 0 aromatic heterocycles. The SMILES string of the molecule is C=CCCBr.C=CCCC(CC)(CO[Si](C)(C)C(C)(C)C)NCc1ccccc1.C=CCCC(NC(=O)OC(C)(C)C)(C(=O)OCC)C(=O)OCC.C=CCCC(NCc1ccccc1)(C(=O)OCC)C(=O)OCC.CCC1(CO[Si](C)(C)C(C)(C)C)CCC(COC(C)=O)C1.CCC1(CO[Si](C)(C)C(C)(C)C)CCC(COC(C)=O)N1Cc1ccccc1.CCOC(=O)C(N)C(=O)OCC.Cl. The van der Waals surface area contributed by atoms with Crippen LogP contribution < -0.4 is 21.7 Å². The second-order valence-corrected chi connectivity index (χ2v) is 55.2. The summed E-state index contributed by atoms with van der Waals surface area (Å²) in [5.74, 6) is -4.36. The summed E-state index contributed by atoms with van der Waals surface area (Å²) in [4.78, 5) is 108. The number of likely N-dealkylation sites (tertiary alicyclic amines) is 1. The topological polar surface area (TPSA) is 330 Å². The van der Waals surface area contributed by atoms with Gasteiger partial charge in [0.15, 0.2) is 25.0 Å². The molecule has 26 nitrogen and oxygen atoms in total. The Labute approximate surface area is 844 Å². The van der Waals surface area contributed by atoms with Gasteiger partial charge in [0, 0.05) is 62.5 Å². The molecule has 1 amide bonds. The molecule has 0 bridgehead atoms. The molecular formula is C106H183BrClN5O21Si3. The molecular weight excluding hydrogens is 1880 g/mol. The quantitative estimate of drug-likeness (QED) is 0.0102. The number of halogens is 2. The van der Waals surface area contributed by atoms with Crippen molar-refractivity contribution < 1.29 is 99.1 Å². The van der Waals surface area contributed by atoms with Crippen molar-refractivity contribution in [2.75, 3.05) is 78.0 Å². The van der Waals surface area contributed by atoms with Crippen molar-refractivity contribution in [3.8, 4) is 0 Å². The van der Waals surface area contributed by atoms with Gasteiger partial charge in [0.1, 0.15) is 12.2 Å². The fourth-order valence-electron chi connectivity index (χ4n) is 13.6. The number of nitrogens with two attached hydrogens (primary N) is 1. The average molecular weight is 2060 g/mol. The highest BCUT2D eigenvalue weighted by Crippen LogP contribution is 2.48. The largest absolute Gasteiger partial charge is 0.466 e. The monoisotopic (exact) mass is 2060 g/mol. The van der Waals surface area contributed by atoms with E-state index in [2.05, 4.69) is 256 Å². The van der Waals surface area contributed by atoms with Crippen LogP contribution in [0.2, 0.25) is 54.4 Å². The summed E-state index contributed by atoms with van der Waals surface area (Å²) in [7, 11) is -5.25. The Morgan fingerprint density at radius 1 is 0.482 bits per heavy atom. The number of carbonyl (C=O) groups excluding carboxylic acids is 9. The molecule has 5 rings (SSSR count). The average Bonchev–Trinajstić information content (AvgIpc) is 1.61. The minimum Gasteiger partial charge on any atom is -0.466 e. The van der Waals surface area contributed by atoms with Crippen molar-refractivity contribution in [3.05, 3.63) is 158 Å². The van der Waals surface area contributed by atoms with Crippen molar-refractivity contribution >= 4 is 107 Å². The van der Waals surface area contributed by atoms with Gasteiger partial charge in [0.25, 0.3) is 0 Å². The molecule has 2 aliphatic rings. The van der Waals surface area contributed by atoms with Crippen LogP contribution in [0, 0.1) is 11.3 Å². The van der Waals surface area contributed by atoms with Crippen LogP contribution in [0.25, 0.3) is 0 Å². The molecule has 31 heteroatoms. The fourth-order valence-corrected chi connectivity index (χ4v) is 17.1. The number of benzene rings is 3. The Hall–Kier alpha value is -7.21. The van der Waals surface area contributed by atoms with Crippen LogP contribution in [-0.2, 0) is 114 Å². The van der Waals surface area contributed by atoms with Crippen LogP contribution in [0.4, 0.5) is 4.79 Å². The maximum absolute atomic E-state index is 12.5. The number of hydrogen-bond acceptors (Lipinski definition) is 25. The van der Waals surface area contributed by atoms with Crippen LogP contribution >= 0.6 is 28.3 Å². The van der Waals surface area contributed by atoms with E-state index in [1.807, 2.05) is 42.5 Å². The Morgan fingerprint density at radius 3 is 1.23 bits per heavy atom. The number of alkyl halides is 1. The first-order valence-corrected chi connectivity index (χ1v) is 58.7. The van der Waals surface area contributed by atoms with Crippen molar-refractivity contribution in [3.63, 3.8) is 0 Å². The highest BCUT2D eigenvalue weighted by Gasteiger charge is 2.53. The minimum absolute atomic E-state index is 0. The van der Waals surface area contributed by atoms with E-state index in [4.69, 9.17) is 52.2 Å². The Bertz CT molecular complexity index is 3920. The van der Waals surface area contributed by atoms with E-state index in [9.17, 15) is 43.2 Å². The summed E-state index contributed by atoms with van der Waals surface area (Å²) < 4.78 is 64.7. The molecule has 1 aliphatic heterocycles. The molecule has 137 heavy (non-hydrogen) atoms. The molecule has 1 heterocycles. The van der Waals surface area contributed by atoms with E-state index in [0.29, 0.717) is 43.9 Å². The molecule has 1 saturated heterocycles. The number of nitrogens with one attached hydrogen (secondary N) is 3. The van der Waals surface area contributed by atoms with E-state index in [-0.39, 0.29) is 109 Å². The van der Waals surface area contributed by atoms with Gasteiger partial charge < -0.3 is 67.0 Å². The van der Waals surface area contributed by atoms with Crippen LogP contribution in [0.5, 0.6) is 0 Å². The number of allylic oxidation sites excluding steroid dienone is 4. The van der Waals surface area contributed by atoms with E-state index in [1.165, 1.54) is 37.5 Å². The summed E-state index contributed by atoms with van der Waals surface area (Å²) in [5, 5.41) is 10.9. The van der Waals surface area contributed by atoms with Crippen LogP contribution in [-0.4, -0.2) is 202 Å². The fraction of sp³-hybridized carbons (Fsp3) is 0.670. The third kappa shape index (κ3) is 49.9. The van der Waals surface area contributed by atoms with Gasteiger partial charge >= 0.3 is 53.8 Å². The number of esters is 8. The third-order valence-corrected chi connectivity index (χ3v) is 39.4. The van der Waals surface area contributed by atoms with Crippen molar-refractivity contribution in [1.82, 2.24) is 20.9 Å². The molecule has 2 fully saturated rings. The van der Waals surface area contributed by atoms with E-state index in [0.717, 1.165) is 108 Å². The van der Waals surface area contributed by atoms with E-state index < -0.39 is 89.6 Å². The molecule has 5 N–H and O–H groups in total. The van der Waals surface area contributed by atoms with Crippen molar-refractivity contribution in [1.29, 1.82) is 0 Å². The third-order valence-electron chi connectivity index (χ3n) is 25.5. The number of amides is 1. The lowest BCUT2D eigenvalue weighted by Crippen LogP contribution is -2.62. The lowest BCUT2D eigenvalue weighted by molar-refractivity contribution is -0.168. The summed E-state index contributed by atoms with van der Waals surface area (Å²) in [6.45, 7) is 80.4. The summed E-state index contributed by atoms with van der Waals surface area (Å²) in [5.41, 5.74) is 4.81. The molecule has 0 radical (unpaired) electrons. The van der Waals surface area contributed by atoms with Crippen LogP contribution in [0.1, 0.15) is 272 Å². The standard InChI is InChI=1S/C23H39NO3Si.C21H37NOSi.C18H25NO4.C17H34O3Si.C16H27NO6.C7H13NO4.C4H7Br.ClH/c1-8-23(18-27-28(6,7)22(3,4)5)15-14-21(17-26-19(2)25)24(23)16-20-12-10-9-11-13-20;1-8-10-16-21(9-2,18-23-24(6,7)20(3,4)5)22-17-19-14-12-11-13-15-19;1-4-7-13-18(16(20)22-5-2,17(21)23-6-3)19-14-15-11-9-8-10-12-15;1-8-17(13-20-21(6,7)16(3,4)5)10-9-15(11-17)12-19-14(2)18;1-7-10-11-16(12(18)21-8-2,13(19)22-9-3)17-14(20)23-15(4,5)6;1-3-11-6(9)5(8)7(10)12-4-2;1-2-3-4-5;/h9-13,21H,8,14-18H2,1-7H3;8,11-15,22H,1,9-10,16-18H2,2-7H3;4,8-12,19H,1,5-7,13-14H2,2-3H3;15H,8-13H2,1-7H3;7H,1,8-11H2,2-6H3,(H,17,20);5H,3-4,8H2,1-2H3;2H,1,3-4H2;1H. The van der Waals surface area contributed by atoms with Crippen LogP contribution in [0.15, 0.2) is 142 Å². The molecule has 1 saturated carbocycles. The number of ether oxygens (including phenoxy) is 9. The van der Waals surface area contributed by atoms with Gasteiger partial charge in [-0.05, 0) is 241 Å².